The minimum Gasteiger partial charge on any atom is -0.356 e. The van der Waals surface area contributed by atoms with Crippen molar-refractivity contribution in [2.45, 2.75) is 25.8 Å². The van der Waals surface area contributed by atoms with Crippen LogP contribution >= 0.6 is 11.5 Å². The van der Waals surface area contributed by atoms with E-state index < -0.39 is 0 Å². The second-order valence-electron chi connectivity index (χ2n) is 7.90. The van der Waals surface area contributed by atoms with Gasteiger partial charge in [-0.25, -0.2) is 4.98 Å². The van der Waals surface area contributed by atoms with Gasteiger partial charge in [0.25, 0.3) is 0 Å². The van der Waals surface area contributed by atoms with Crippen molar-refractivity contribution < 1.29 is 4.79 Å². The number of carbonyl (C=O) groups excluding carboxylic acids is 1. The number of nitrogens with zero attached hydrogens (tertiary/aromatic N) is 3. The molecule has 4 rings (SSSR count). The highest BCUT2D eigenvalue weighted by atomic mass is 32.1. The van der Waals surface area contributed by atoms with Gasteiger partial charge in [0.1, 0.15) is 5.82 Å². The van der Waals surface area contributed by atoms with Crippen molar-refractivity contribution in [2.24, 2.45) is 0 Å². The lowest BCUT2D eigenvalue weighted by molar-refractivity contribution is -0.120. The molecule has 0 aliphatic heterocycles. The minimum absolute atomic E-state index is 0.0537. The first-order valence-corrected chi connectivity index (χ1v) is 12.0. The molecule has 0 atom stereocenters. The summed E-state index contributed by atoms with van der Waals surface area (Å²) in [5, 5.41) is 3.89. The van der Waals surface area contributed by atoms with Gasteiger partial charge in [-0.1, -0.05) is 91.0 Å². The molecule has 0 radical (unpaired) electrons. The summed E-state index contributed by atoms with van der Waals surface area (Å²) >= 11 is 1.40. The van der Waals surface area contributed by atoms with Crippen molar-refractivity contribution in [3.63, 3.8) is 0 Å². The van der Waals surface area contributed by atoms with E-state index in [2.05, 4.69) is 51.0 Å². The van der Waals surface area contributed by atoms with Gasteiger partial charge in [0, 0.05) is 44.0 Å². The maximum absolute atomic E-state index is 12.5. The van der Waals surface area contributed by atoms with Crippen molar-refractivity contribution in [2.75, 3.05) is 18.0 Å². The van der Waals surface area contributed by atoms with Crippen molar-refractivity contribution in [1.29, 1.82) is 0 Å². The fourth-order valence-electron chi connectivity index (χ4n) is 3.59. The van der Waals surface area contributed by atoms with Crippen LogP contribution in [0.3, 0.4) is 0 Å². The molecule has 33 heavy (non-hydrogen) atoms. The number of aromatic nitrogens is 2. The first-order chi connectivity index (χ1) is 16.3. The van der Waals surface area contributed by atoms with E-state index in [1.54, 1.807) is 0 Å². The SMILES string of the molecule is O=C(CCN(Cc1ccccc1)c1nc(Cc2ccccc2)ns1)NCCc1ccccc1. The fourth-order valence-corrected chi connectivity index (χ4v) is 4.30. The van der Waals surface area contributed by atoms with Crippen LogP contribution in [-0.4, -0.2) is 28.4 Å². The lowest BCUT2D eigenvalue weighted by Gasteiger charge is -2.21. The summed E-state index contributed by atoms with van der Waals surface area (Å²) in [5.74, 6) is 0.865. The summed E-state index contributed by atoms with van der Waals surface area (Å²) in [5.41, 5.74) is 3.60. The van der Waals surface area contributed by atoms with E-state index in [4.69, 9.17) is 4.98 Å². The number of hydrogen-bond acceptors (Lipinski definition) is 5. The normalized spacial score (nSPS) is 10.7. The lowest BCUT2D eigenvalue weighted by atomic mass is 10.1. The molecule has 3 aromatic carbocycles. The molecule has 0 aliphatic carbocycles. The zero-order chi connectivity index (χ0) is 22.7. The number of benzene rings is 3. The van der Waals surface area contributed by atoms with Crippen molar-refractivity contribution in [3.8, 4) is 0 Å². The average molecular weight is 457 g/mol. The van der Waals surface area contributed by atoms with Crippen LogP contribution in [-0.2, 0) is 24.2 Å². The predicted octanol–water partition coefficient (Wildman–Crippen LogP) is 4.88. The van der Waals surface area contributed by atoms with Gasteiger partial charge in [-0.2, -0.15) is 4.37 Å². The molecule has 1 aromatic heterocycles. The van der Waals surface area contributed by atoms with Gasteiger partial charge in [0.15, 0.2) is 0 Å². The Kier molecular flexibility index (Phi) is 8.19. The van der Waals surface area contributed by atoms with Gasteiger partial charge in [0.2, 0.25) is 11.0 Å². The van der Waals surface area contributed by atoms with Crippen molar-refractivity contribution in [1.82, 2.24) is 14.7 Å². The van der Waals surface area contributed by atoms with Crippen LogP contribution < -0.4 is 10.2 Å². The van der Waals surface area contributed by atoms with Gasteiger partial charge in [-0.15, -0.1) is 0 Å². The molecular formula is C27H28N4OS. The van der Waals surface area contributed by atoms with Crippen LogP contribution in [0.5, 0.6) is 0 Å². The van der Waals surface area contributed by atoms with E-state index in [-0.39, 0.29) is 5.91 Å². The largest absolute Gasteiger partial charge is 0.356 e. The van der Waals surface area contributed by atoms with E-state index in [9.17, 15) is 4.79 Å². The maximum atomic E-state index is 12.5. The van der Waals surface area contributed by atoms with Crippen LogP contribution in [0.1, 0.15) is 28.9 Å². The van der Waals surface area contributed by atoms with E-state index >= 15 is 0 Å². The van der Waals surface area contributed by atoms with Gasteiger partial charge in [-0.3, -0.25) is 4.79 Å². The number of anilines is 1. The topological polar surface area (TPSA) is 58.1 Å². The standard InChI is InChI=1S/C27H28N4OS/c32-26(28-18-16-22-10-4-1-5-11-22)17-19-31(21-24-14-8-3-9-15-24)27-29-25(30-33-27)20-23-12-6-2-7-13-23/h1-15H,16-21H2,(H,28,32). The molecule has 6 heteroatoms. The highest BCUT2D eigenvalue weighted by Crippen LogP contribution is 2.21. The molecule has 0 saturated carbocycles. The molecule has 1 N–H and O–H groups in total. The monoisotopic (exact) mass is 456 g/mol. The van der Waals surface area contributed by atoms with Crippen LogP contribution in [0.4, 0.5) is 5.13 Å². The van der Waals surface area contributed by atoms with Crippen LogP contribution in [0, 0.1) is 0 Å². The Morgan fingerprint density at radius 2 is 1.42 bits per heavy atom. The molecule has 0 unspecified atom stereocenters. The van der Waals surface area contributed by atoms with Gasteiger partial charge < -0.3 is 10.2 Å². The summed E-state index contributed by atoms with van der Waals surface area (Å²) in [6.45, 7) is 1.92. The Labute approximate surface area is 199 Å². The Balaban J connectivity index is 1.36. The summed E-state index contributed by atoms with van der Waals surface area (Å²) in [4.78, 5) is 19.4. The molecule has 0 saturated heterocycles. The zero-order valence-electron chi connectivity index (χ0n) is 18.6. The Morgan fingerprint density at radius 1 is 0.818 bits per heavy atom. The molecule has 0 fully saturated rings. The number of amides is 1. The van der Waals surface area contributed by atoms with Crippen molar-refractivity contribution >= 4 is 22.6 Å². The molecule has 0 aliphatic rings. The second-order valence-corrected chi connectivity index (χ2v) is 8.63. The quantitative estimate of drug-likeness (QED) is 0.349. The number of hydrogen-bond donors (Lipinski definition) is 1. The smallest absolute Gasteiger partial charge is 0.221 e. The molecular weight excluding hydrogens is 428 g/mol. The van der Waals surface area contributed by atoms with Gasteiger partial charge >= 0.3 is 0 Å². The highest BCUT2D eigenvalue weighted by Gasteiger charge is 2.15. The van der Waals surface area contributed by atoms with Gasteiger partial charge in [-0.05, 0) is 23.1 Å². The van der Waals surface area contributed by atoms with Crippen LogP contribution in [0.2, 0.25) is 0 Å². The minimum atomic E-state index is 0.0537. The third kappa shape index (κ3) is 7.26. The number of rotatable bonds is 11. The molecule has 0 spiro atoms. The molecule has 1 amide bonds. The van der Waals surface area contributed by atoms with Gasteiger partial charge in [0.05, 0.1) is 0 Å². The molecule has 1 heterocycles. The molecule has 4 aromatic rings. The molecule has 168 valence electrons. The predicted molar refractivity (Wildman–Crippen MR) is 134 cm³/mol. The third-order valence-electron chi connectivity index (χ3n) is 5.34. The Morgan fingerprint density at radius 3 is 2.09 bits per heavy atom. The molecule has 0 bridgehead atoms. The summed E-state index contributed by atoms with van der Waals surface area (Å²) in [6, 6.07) is 30.7. The lowest BCUT2D eigenvalue weighted by Crippen LogP contribution is -2.31. The molecule has 5 nitrogen and oxygen atoms in total. The number of carbonyl (C=O) groups is 1. The van der Waals surface area contributed by atoms with Crippen molar-refractivity contribution in [3.05, 3.63) is 114 Å². The van der Waals surface area contributed by atoms with Crippen LogP contribution in [0.25, 0.3) is 0 Å². The fraction of sp³-hybridized carbons (Fsp3) is 0.222. The van der Waals surface area contributed by atoms with Crippen LogP contribution in [0.15, 0.2) is 91.0 Å². The first-order valence-electron chi connectivity index (χ1n) is 11.2. The summed E-state index contributed by atoms with van der Waals surface area (Å²) in [7, 11) is 0. The summed E-state index contributed by atoms with van der Waals surface area (Å²) in [6.07, 6.45) is 1.95. The Hall–Kier alpha value is -3.51. The van der Waals surface area contributed by atoms with E-state index in [0.29, 0.717) is 32.5 Å². The summed E-state index contributed by atoms with van der Waals surface area (Å²) < 4.78 is 4.57. The number of nitrogens with one attached hydrogen (secondary N) is 1. The van der Waals surface area contributed by atoms with E-state index in [1.807, 2.05) is 54.6 Å². The second kappa shape index (κ2) is 11.9. The first kappa shape index (κ1) is 22.7. The average Bonchev–Trinajstić information content (AvgIpc) is 3.32. The third-order valence-corrected chi connectivity index (χ3v) is 6.15. The zero-order valence-corrected chi connectivity index (χ0v) is 19.4. The Bertz CT molecular complexity index is 1120. The highest BCUT2D eigenvalue weighted by molar-refractivity contribution is 7.09. The van der Waals surface area contributed by atoms with E-state index in [1.165, 1.54) is 28.2 Å². The maximum Gasteiger partial charge on any atom is 0.221 e. The van der Waals surface area contributed by atoms with E-state index in [0.717, 1.165) is 17.4 Å².